The molecule has 23 heavy (non-hydrogen) atoms. The van der Waals surface area contributed by atoms with Crippen molar-refractivity contribution < 1.29 is 0 Å². The first-order valence-electron chi connectivity index (χ1n) is 7.31. The lowest BCUT2D eigenvalue weighted by molar-refractivity contribution is 0.755. The number of imidazole rings is 1. The van der Waals surface area contributed by atoms with Crippen LogP contribution < -0.4 is 0 Å². The predicted octanol–water partition coefficient (Wildman–Crippen LogP) is 3.09. The number of rotatable bonds is 4. The highest BCUT2D eigenvalue weighted by Crippen LogP contribution is 2.32. The molecule has 0 spiro atoms. The van der Waals surface area contributed by atoms with E-state index in [0.29, 0.717) is 0 Å². The van der Waals surface area contributed by atoms with Gasteiger partial charge in [-0.15, -0.1) is 11.3 Å². The normalized spacial score (nSPS) is 11.2. The second-order valence-corrected chi connectivity index (χ2v) is 6.51. The number of aromatic amines is 1. The van der Waals surface area contributed by atoms with E-state index in [1.165, 1.54) is 5.56 Å². The molecule has 7 heteroatoms. The van der Waals surface area contributed by atoms with Crippen molar-refractivity contribution in [1.82, 2.24) is 29.5 Å². The first kappa shape index (κ1) is 14.0. The summed E-state index contributed by atoms with van der Waals surface area (Å²) in [7, 11) is 1.95. The van der Waals surface area contributed by atoms with E-state index in [1.54, 1.807) is 17.5 Å². The molecular formula is C16H16N6S. The summed E-state index contributed by atoms with van der Waals surface area (Å²) in [5.41, 5.74) is 3.29. The molecule has 4 rings (SSSR count). The Hall–Kier alpha value is -2.67. The van der Waals surface area contributed by atoms with E-state index in [2.05, 4.69) is 43.2 Å². The third kappa shape index (κ3) is 2.59. The van der Waals surface area contributed by atoms with Crippen LogP contribution in [0.4, 0.5) is 0 Å². The molecule has 0 aliphatic heterocycles. The molecule has 0 bridgehead atoms. The number of nitrogens with zero attached hydrogens (tertiary/aromatic N) is 5. The van der Waals surface area contributed by atoms with Crippen molar-refractivity contribution in [3.63, 3.8) is 0 Å². The summed E-state index contributed by atoms with van der Waals surface area (Å²) in [6.07, 6.45) is 7.68. The Morgan fingerprint density at radius 2 is 2.04 bits per heavy atom. The third-order valence-electron chi connectivity index (χ3n) is 3.76. The minimum absolute atomic E-state index is 0.770. The number of nitrogens with one attached hydrogen (secondary N) is 1. The molecule has 0 atom stereocenters. The molecule has 1 N–H and O–H groups in total. The highest BCUT2D eigenvalue weighted by molar-refractivity contribution is 7.18. The lowest BCUT2D eigenvalue weighted by Crippen LogP contribution is -2.00. The Balaban J connectivity index is 1.66. The number of hydrogen-bond donors (Lipinski definition) is 1. The van der Waals surface area contributed by atoms with Gasteiger partial charge < -0.3 is 4.57 Å². The Bertz CT molecular complexity index is 928. The van der Waals surface area contributed by atoms with Gasteiger partial charge in [0.2, 0.25) is 0 Å². The summed E-state index contributed by atoms with van der Waals surface area (Å²) < 4.78 is 4.01. The van der Waals surface area contributed by atoms with Gasteiger partial charge in [-0.1, -0.05) is 0 Å². The number of hydrogen-bond acceptors (Lipinski definition) is 4. The monoisotopic (exact) mass is 324 g/mol. The molecule has 0 amide bonds. The summed E-state index contributed by atoms with van der Waals surface area (Å²) in [5.74, 6) is 0.976. The Morgan fingerprint density at radius 3 is 2.78 bits per heavy atom. The van der Waals surface area contributed by atoms with E-state index in [4.69, 9.17) is 0 Å². The van der Waals surface area contributed by atoms with E-state index in [9.17, 15) is 0 Å². The van der Waals surface area contributed by atoms with E-state index >= 15 is 0 Å². The molecule has 0 saturated carbocycles. The first-order valence-corrected chi connectivity index (χ1v) is 8.12. The van der Waals surface area contributed by atoms with Crippen LogP contribution in [-0.4, -0.2) is 29.5 Å². The molecule has 4 heterocycles. The number of thiophene rings is 1. The second-order valence-electron chi connectivity index (χ2n) is 5.43. The average Bonchev–Trinajstić information content (AvgIpc) is 3.27. The minimum Gasteiger partial charge on any atom is -0.326 e. The molecule has 0 unspecified atom stereocenters. The lowest BCUT2D eigenvalue weighted by atomic mass is 10.2. The molecule has 4 aromatic rings. The van der Waals surface area contributed by atoms with Crippen molar-refractivity contribution in [3.8, 4) is 21.3 Å². The molecule has 0 aliphatic rings. The van der Waals surface area contributed by atoms with Gasteiger partial charge in [0, 0.05) is 37.4 Å². The molecule has 0 saturated heterocycles. The minimum atomic E-state index is 0.770. The number of aryl methyl sites for hydroxylation is 2. The van der Waals surface area contributed by atoms with Crippen LogP contribution in [0.25, 0.3) is 21.3 Å². The molecule has 4 aromatic heterocycles. The fraction of sp³-hybridized carbons (Fsp3) is 0.188. The standard InChI is InChI=1S/C16H16N6S/c1-11-12(9-21(2)20-11)10-22-8-7-17-16(22)15-4-3-14(23-15)13-5-6-18-19-13/h3-9H,10H2,1-2H3,(H,18,19). The van der Waals surface area contributed by atoms with Crippen LogP contribution in [0.1, 0.15) is 11.3 Å². The first-order chi connectivity index (χ1) is 11.2. The van der Waals surface area contributed by atoms with Crippen molar-refractivity contribution in [2.24, 2.45) is 7.05 Å². The summed E-state index contributed by atoms with van der Waals surface area (Å²) in [6.45, 7) is 2.81. The molecule has 0 fully saturated rings. The Kier molecular flexibility index (Phi) is 3.34. The fourth-order valence-corrected chi connectivity index (χ4v) is 3.64. The summed E-state index contributed by atoms with van der Waals surface area (Å²) in [5, 5.41) is 11.4. The Labute approximate surface area is 137 Å². The van der Waals surface area contributed by atoms with Gasteiger partial charge in [-0.2, -0.15) is 10.2 Å². The summed E-state index contributed by atoms with van der Waals surface area (Å²) in [4.78, 5) is 6.83. The maximum atomic E-state index is 4.53. The topological polar surface area (TPSA) is 64.3 Å². The van der Waals surface area contributed by atoms with Crippen molar-refractivity contribution in [3.05, 3.63) is 54.2 Å². The van der Waals surface area contributed by atoms with Crippen LogP contribution in [0.3, 0.4) is 0 Å². The lowest BCUT2D eigenvalue weighted by Gasteiger charge is -2.05. The number of H-pyrrole nitrogens is 1. The molecule has 0 radical (unpaired) electrons. The largest absolute Gasteiger partial charge is 0.326 e. The quantitative estimate of drug-likeness (QED) is 0.627. The van der Waals surface area contributed by atoms with Gasteiger partial charge in [0.25, 0.3) is 0 Å². The zero-order valence-corrected chi connectivity index (χ0v) is 13.7. The van der Waals surface area contributed by atoms with Crippen LogP contribution in [0.5, 0.6) is 0 Å². The molecular weight excluding hydrogens is 308 g/mol. The molecule has 0 aromatic carbocycles. The van der Waals surface area contributed by atoms with Crippen molar-refractivity contribution in [1.29, 1.82) is 0 Å². The zero-order chi connectivity index (χ0) is 15.8. The maximum absolute atomic E-state index is 4.53. The van der Waals surface area contributed by atoms with Gasteiger partial charge in [0.15, 0.2) is 0 Å². The predicted molar refractivity (Wildman–Crippen MR) is 90.2 cm³/mol. The van der Waals surface area contributed by atoms with Gasteiger partial charge in [-0.3, -0.25) is 9.78 Å². The van der Waals surface area contributed by atoms with Gasteiger partial charge in [0.1, 0.15) is 5.82 Å². The van der Waals surface area contributed by atoms with E-state index in [1.807, 2.05) is 37.1 Å². The van der Waals surface area contributed by atoms with Crippen LogP contribution in [-0.2, 0) is 13.6 Å². The second kappa shape index (κ2) is 5.51. The van der Waals surface area contributed by atoms with E-state index < -0.39 is 0 Å². The Morgan fingerprint density at radius 1 is 1.17 bits per heavy atom. The van der Waals surface area contributed by atoms with Gasteiger partial charge in [-0.05, 0) is 25.1 Å². The summed E-state index contributed by atoms with van der Waals surface area (Å²) >= 11 is 1.71. The van der Waals surface area contributed by atoms with E-state index in [-0.39, 0.29) is 0 Å². The van der Waals surface area contributed by atoms with Crippen LogP contribution in [0.15, 0.2) is 43.0 Å². The SMILES string of the molecule is Cc1nn(C)cc1Cn1ccnc1-c1ccc(-c2ccn[nH]2)s1. The third-order valence-corrected chi connectivity index (χ3v) is 4.88. The van der Waals surface area contributed by atoms with Crippen LogP contribution >= 0.6 is 11.3 Å². The molecule has 0 aliphatic carbocycles. The van der Waals surface area contributed by atoms with Crippen molar-refractivity contribution in [2.75, 3.05) is 0 Å². The fourth-order valence-electron chi connectivity index (χ4n) is 2.65. The van der Waals surface area contributed by atoms with Crippen molar-refractivity contribution in [2.45, 2.75) is 13.5 Å². The maximum Gasteiger partial charge on any atom is 0.150 e. The van der Waals surface area contributed by atoms with Gasteiger partial charge in [-0.25, -0.2) is 4.98 Å². The smallest absolute Gasteiger partial charge is 0.150 e. The van der Waals surface area contributed by atoms with Crippen LogP contribution in [0.2, 0.25) is 0 Å². The average molecular weight is 324 g/mol. The summed E-state index contributed by atoms with van der Waals surface area (Å²) in [6, 6.07) is 6.18. The molecule has 116 valence electrons. The number of aromatic nitrogens is 6. The zero-order valence-electron chi connectivity index (χ0n) is 12.9. The van der Waals surface area contributed by atoms with Crippen molar-refractivity contribution >= 4 is 11.3 Å². The van der Waals surface area contributed by atoms with E-state index in [0.717, 1.165) is 33.5 Å². The van der Waals surface area contributed by atoms with Crippen LogP contribution in [0, 0.1) is 6.92 Å². The highest BCUT2D eigenvalue weighted by Gasteiger charge is 2.12. The van der Waals surface area contributed by atoms with Gasteiger partial charge >= 0.3 is 0 Å². The highest BCUT2D eigenvalue weighted by atomic mass is 32.1. The molecule has 6 nitrogen and oxygen atoms in total. The van der Waals surface area contributed by atoms with Gasteiger partial charge in [0.05, 0.1) is 27.7 Å².